The first kappa shape index (κ1) is 13.0. The number of benzene rings is 1. The Labute approximate surface area is 102 Å². The normalized spacial score (nSPS) is 10.3. The minimum atomic E-state index is -0.0407. The van der Waals surface area contributed by atoms with Crippen molar-refractivity contribution in [2.24, 2.45) is 0 Å². The number of amides is 1. The van der Waals surface area contributed by atoms with Gasteiger partial charge in [0.25, 0.3) is 0 Å². The number of hydrogen-bond donors (Lipinski definition) is 0. The second-order valence-corrected chi connectivity index (χ2v) is 4.53. The van der Waals surface area contributed by atoms with Gasteiger partial charge in [0.05, 0.1) is 0 Å². The molecule has 1 amide bonds. The summed E-state index contributed by atoms with van der Waals surface area (Å²) in [6, 6.07) is 4.28. The number of carbonyl (C=O) groups is 1. The van der Waals surface area contributed by atoms with Gasteiger partial charge in [-0.2, -0.15) is 0 Å². The van der Waals surface area contributed by atoms with Crippen molar-refractivity contribution in [3.8, 4) is 0 Å². The summed E-state index contributed by atoms with van der Waals surface area (Å²) < 4.78 is 0. The molecule has 88 valence electrons. The second kappa shape index (κ2) is 5.35. The van der Waals surface area contributed by atoms with Gasteiger partial charge in [-0.3, -0.25) is 4.79 Å². The van der Waals surface area contributed by atoms with Crippen LogP contribution in [-0.2, 0) is 11.3 Å². The van der Waals surface area contributed by atoms with Crippen LogP contribution in [-0.4, -0.2) is 23.7 Å². The van der Waals surface area contributed by atoms with E-state index in [-0.39, 0.29) is 11.8 Å². The maximum absolute atomic E-state index is 11.4. The Morgan fingerprint density at radius 2 is 1.75 bits per heavy atom. The smallest absolute Gasteiger partial charge is 0.237 e. The highest BCUT2D eigenvalue weighted by atomic mass is 35.5. The maximum Gasteiger partial charge on any atom is 0.237 e. The van der Waals surface area contributed by atoms with Gasteiger partial charge >= 0.3 is 0 Å². The van der Waals surface area contributed by atoms with Gasteiger partial charge in [-0.15, -0.1) is 11.6 Å². The lowest BCUT2D eigenvalue weighted by molar-refractivity contribution is -0.127. The van der Waals surface area contributed by atoms with Crippen LogP contribution >= 0.6 is 11.6 Å². The summed E-state index contributed by atoms with van der Waals surface area (Å²) in [6.07, 6.45) is 0. The minimum Gasteiger partial charge on any atom is -0.340 e. The van der Waals surface area contributed by atoms with Gasteiger partial charge in [0.2, 0.25) is 5.91 Å². The van der Waals surface area contributed by atoms with E-state index in [9.17, 15) is 4.79 Å². The third-order valence-corrected chi connectivity index (χ3v) is 3.00. The number of alkyl halides is 1. The Morgan fingerprint density at radius 1 is 1.25 bits per heavy atom. The van der Waals surface area contributed by atoms with Gasteiger partial charge in [0, 0.05) is 13.6 Å². The fraction of sp³-hybridized carbons (Fsp3) is 0.462. The molecule has 2 nitrogen and oxygen atoms in total. The van der Waals surface area contributed by atoms with Gasteiger partial charge in [0.1, 0.15) is 5.88 Å². The molecule has 1 aromatic rings. The first-order chi connectivity index (χ1) is 7.45. The summed E-state index contributed by atoms with van der Waals surface area (Å²) in [5.41, 5.74) is 4.93. The van der Waals surface area contributed by atoms with Crippen LogP contribution in [0.3, 0.4) is 0 Å². The van der Waals surface area contributed by atoms with Crippen molar-refractivity contribution in [1.82, 2.24) is 4.90 Å². The zero-order valence-electron chi connectivity index (χ0n) is 10.3. The van der Waals surface area contributed by atoms with Crippen molar-refractivity contribution >= 4 is 17.5 Å². The van der Waals surface area contributed by atoms with E-state index in [1.54, 1.807) is 11.9 Å². The first-order valence-electron chi connectivity index (χ1n) is 5.32. The van der Waals surface area contributed by atoms with E-state index < -0.39 is 0 Å². The standard InChI is InChI=1S/C13H18ClNO/c1-9-5-10(2)12(11(3)6-9)8-15(4)13(16)7-14/h5-6H,7-8H2,1-4H3. The molecule has 1 aromatic carbocycles. The molecule has 0 heterocycles. The van der Waals surface area contributed by atoms with Crippen LogP contribution in [0.15, 0.2) is 12.1 Å². The lowest BCUT2D eigenvalue weighted by atomic mass is 9.99. The molecule has 0 spiro atoms. The molecule has 0 atom stereocenters. The van der Waals surface area contributed by atoms with E-state index in [2.05, 4.69) is 32.9 Å². The fourth-order valence-electron chi connectivity index (χ4n) is 1.89. The molecule has 0 radical (unpaired) electrons. The maximum atomic E-state index is 11.4. The summed E-state index contributed by atoms with van der Waals surface area (Å²) >= 11 is 5.53. The van der Waals surface area contributed by atoms with Crippen molar-refractivity contribution in [1.29, 1.82) is 0 Å². The van der Waals surface area contributed by atoms with E-state index >= 15 is 0 Å². The number of carbonyl (C=O) groups excluding carboxylic acids is 1. The molecule has 0 aliphatic carbocycles. The molecule has 0 saturated heterocycles. The number of rotatable bonds is 3. The zero-order chi connectivity index (χ0) is 12.3. The van der Waals surface area contributed by atoms with E-state index in [0.717, 1.165) is 0 Å². The SMILES string of the molecule is Cc1cc(C)c(CN(C)C(=O)CCl)c(C)c1. The molecule has 0 bridgehead atoms. The highest BCUT2D eigenvalue weighted by Crippen LogP contribution is 2.17. The molecule has 0 fully saturated rings. The van der Waals surface area contributed by atoms with Gasteiger partial charge in [0.15, 0.2) is 0 Å². The highest BCUT2D eigenvalue weighted by Gasteiger charge is 2.11. The molecule has 3 heteroatoms. The summed E-state index contributed by atoms with van der Waals surface area (Å²) in [7, 11) is 1.78. The van der Waals surface area contributed by atoms with Gasteiger partial charge < -0.3 is 4.90 Å². The Bertz CT molecular complexity index is 378. The second-order valence-electron chi connectivity index (χ2n) is 4.26. The van der Waals surface area contributed by atoms with E-state index in [4.69, 9.17) is 11.6 Å². The Morgan fingerprint density at radius 3 is 2.19 bits per heavy atom. The highest BCUT2D eigenvalue weighted by molar-refractivity contribution is 6.27. The van der Waals surface area contributed by atoms with Crippen molar-refractivity contribution in [3.05, 3.63) is 34.4 Å². The van der Waals surface area contributed by atoms with Gasteiger partial charge in [-0.25, -0.2) is 0 Å². The third-order valence-electron chi connectivity index (χ3n) is 2.78. The Kier molecular flexibility index (Phi) is 4.36. The summed E-state index contributed by atoms with van der Waals surface area (Å²) in [6.45, 7) is 6.86. The largest absolute Gasteiger partial charge is 0.340 e. The Balaban J connectivity index is 2.93. The summed E-state index contributed by atoms with van der Waals surface area (Å²) in [5.74, 6) is 0.00142. The van der Waals surface area contributed by atoms with Crippen molar-refractivity contribution in [2.75, 3.05) is 12.9 Å². The average Bonchev–Trinajstić information content (AvgIpc) is 2.21. The fourth-order valence-corrected chi connectivity index (χ4v) is 2.09. The Hall–Kier alpha value is -1.02. The molecule has 0 aromatic heterocycles. The number of halogens is 1. The molecule has 0 unspecified atom stereocenters. The molecule has 0 aliphatic heterocycles. The molecule has 1 rings (SSSR count). The van der Waals surface area contributed by atoms with Crippen molar-refractivity contribution in [3.63, 3.8) is 0 Å². The van der Waals surface area contributed by atoms with Crippen LogP contribution in [0.4, 0.5) is 0 Å². The predicted octanol–water partition coefficient (Wildman–Crippen LogP) is 2.81. The van der Waals surface area contributed by atoms with E-state index in [1.165, 1.54) is 22.3 Å². The van der Waals surface area contributed by atoms with Gasteiger partial charge in [-0.1, -0.05) is 17.7 Å². The zero-order valence-corrected chi connectivity index (χ0v) is 11.1. The van der Waals surface area contributed by atoms with Crippen molar-refractivity contribution in [2.45, 2.75) is 27.3 Å². The quantitative estimate of drug-likeness (QED) is 0.743. The van der Waals surface area contributed by atoms with Gasteiger partial charge in [-0.05, 0) is 37.5 Å². The molecular formula is C13H18ClNO. The minimum absolute atomic E-state index is 0.0407. The van der Waals surface area contributed by atoms with Crippen LogP contribution in [0.1, 0.15) is 22.3 Å². The van der Waals surface area contributed by atoms with Crippen LogP contribution in [0.5, 0.6) is 0 Å². The topological polar surface area (TPSA) is 20.3 Å². The lowest BCUT2D eigenvalue weighted by Gasteiger charge is -2.19. The first-order valence-corrected chi connectivity index (χ1v) is 5.85. The summed E-state index contributed by atoms with van der Waals surface area (Å²) in [4.78, 5) is 13.1. The van der Waals surface area contributed by atoms with Crippen LogP contribution in [0.25, 0.3) is 0 Å². The predicted molar refractivity (Wildman–Crippen MR) is 67.8 cm³/mol. The number of aryl methyl sites for hydroxylation is 3. The lowest BCUT2D eigenvalue weighted by Crippen LogP contribution is -2.27. The molecule has 16 heavy (non-hydrogen) atoms. The number of hydrogen-bond acceptors (Lipinski definition) is 1. The monoisotopic (exact) mass is 239 g/mol. The molecular weight excluding hydrogens is 222 g/mol. The number of nitrogens with zero attached hydrogens (tertiary/aromatic N) is 1. The van der Waals surface area contributed by atoms with Crippen LogP contribution in [0.2, 0.25) is 0 Å². The van der Waals surface area contributed by atoms with E-state index in [0.29, 0.717) is 6.54 Å². The van der Waals surface area contributed by atoms with Crippen LogP contribution < -0.4 is 0 Å². The molecule has 0 saturated carbocycles. The average molecular weight is 240 g/mol. The molecule has 0 aliphatic rings. The summed E-state index contributed by atoms with van der Waals surface area (Å²) in [5, 5.41) is 0. The van der Waals surface area contributed by atoms with E-state index in [1.807, 2.05) is 0 Å². The van der Waals surface area contributed by atoms with Crippen molar-refractivity contribution < 1.29 is 4.79 Å². The molecule has 0 N–H and O–H groups in total. The van der Waals surface area contributed by atoms with Crippen LogP contribution in [0, 0.1) is 20.8 Å². The third kappa shape index (κ3) is 2.99.